The number of benzene rings is 1. The Morgan fingerprint density at radius 3 is 2.86 bits per heavy atom. The van der Waals surface area contributed by atoms with Crippen molar-refractivity contribution in [3.8, 4) is 10.6 Å². The quantitative estimate of drug-likeness (QED) is 0.940. The minimum absolute atomic E-state index is 0.582. The smallest absolute Gasteiger partial charge is 0.123 e. The van der Waals surface area contributed by atoms with Gasteiger partial charge in [0.05, 0.1) is 5.69 Å². The maximum absolute atomic E-state index is 4.81. The molecule has 1 atom stereocenters. The zero-order valence-corrected chi connectivity index (χ0v) is 13.6. The second-order valence-corrected chi connectivity index (χ2v) is 6.64. The van der Waals surface area contributed by atoms with Crippen molar-refractivity contribution in [3.05, 3.63) is 40.9 Å². The molecule has 2 aromatic rings. The van der Waals surface area contributed by atoms with Crippen LogP contribution >= 0.6 is 11.3 Å². The van der Waals surface area contributed by atoms with Crippen LogP contribution < -0.4 is 5.32 Å². The Bertz CT molecular complexity index is 576. The van der Waals surface area contributed by atoms with Crippen LogP contribution in [-0.2, 0) is 13.0 Å². The SMILES string of the molecule is CCc1ccc(-c2nc(CN3CCNC(C)C3)cs2)cc1. The van der Waals surface area contributed by atoms with E-state index in [2.05, 4.69) is 53.7 Å². The fourth-order valence-electron chi connectivity index (χ4n) is 2.78. The largest absolute Gasteiger partial charge is 0.312 e. The van der Waals surface area contributed by atoms with Crippen LogP contribution in [0, 0.1) is 0 Å². The number of nitrogens with one attached hydrogen (secondary N) is 1. The first-order chi connectivity index (χ1) is 10.2. The molecule has 0 radical (unpaired) electrons. The minimum Gasteiger partial charge on any atom is -0.312 e. The predicted molar refractivity (Wildman–Crippen MR) is 89.7 cm³/mol. The predicted octanol–water partition coefficient (Wildman–Crippen LogP) is 3.17. The lowest BCUT2D eigenvalue weighted by Gasteiger charge is -2.31. The second kappa shape index (κ2) is 6.69. The van der Waals surface area contributed by atoms with Gasteiger partial charge in [-0.05, 0) is 18.9 Å². The number of aryl methyl sites for hydroxylation is 1. The van der Waals surface area contributed by atoms with Gasteiger partial charge in [0.25, 0.3) is 0 Å². The Labute approximate surface area is 131 Å². The van der Waals surface area contributed by atoms with Crippen molar-refractivity contribution in [1.82, 2.24) is 15.2 Å². The maximum atomic E-state index is 4.81. The third-order valence-electron chi connectivity index (χ3n) is 4.00. The molecule has 1 unspecified atom stereocenters. The summed E-state index contributed by atoms with van der Waals surface area (Å²) in [5.41, 5.74) is 3.81. The zero-order valence-electron chi connectivity index (χ0n) is 12.8. The molecule has 0 aliphatic carbocycles. The van der Waals surface area contributed by atoms with Gasteiger partial charge in [-0.2, -0.15) is 0 Å². The molecule has 1 aliphatic rings. The van der Waals surface area contributed by atoms with E-state index in [1.165, 1.54) is 16.8 Å². The molecule has 0 spiro atoms. The maximum Gasteiger partial charge on any atom is 0.123 e. The van der Waals surface area contributed by atoms with E-state index in [9.17, 15) is 0 Å². The lowest BCUT2D eigenvalue weighted by Crippen LogP contribution is -2.48. The number of nitrogens with zero attached hydrogens (tertiary/aromatic N) is 2. The summed E-state index contributed by atoms with van der Waals surface area (Å²) < 4.78 is 0. The molecule has 0 bridgehead atoms. The number of hydrogen-bond acceptors (Lipinski definition) is 4. The van der Waals surface area contributed by atoms with Crippen LogP contribution in [0.4, 0.5) is 0 Å². The molecule has 1 N–H and O–H groups in total. The van der Waals surface area contributed by atoms with Gasteiger partial charge in [-0.15, -0.1) is 11.3 Å². The van der Waals surface area contributed by atoms with Gasteiger partial charge in [0.1, 0.15) is 5.01 Å². The molecule has 21 heavy (non-hydrogen) atoms. The molecule has 2 heterocycles. The summed E-state index contributed by atoms with van der Waals surface area (Å²) in [5.74, 6) is 0. The van der Waals surface area contributed by atoms with E-state index < -0.39 is 0 Å². The monoisotopic (exact) mass is 301 g/mol. The Kier molecular flexibility index (Phi) is 4.68. The average Bonchev–Trinajstić information content (AvgIpc) is 2.96. The lowest BCUT2D eigenvalue weighted by atomic mass is 10.1. The Morgan fingerprint density at radius 2 is 2.14 bits per heavy atom. The first kappa shape index (κ1) is 14.7. The minimum atomic E-state index is 0.582. The molecule has 3 rings (SSSR count). The molecular formula is C17H23N3S. The summed E-state index contributed by atoms with van der Waals surface area (Å²) in [6.07, 6.45) is 1.09. The molecule has 0 saturated carbocycles. The van der Waals surface area contributed by atoms with Crippen LogP contribution in [-0.4, -0.2) is 35.6 Å². The van der Waals surface area contributed by atoms with Gasteiger partial charge < -0.3 is 5.32 Å². The Morgan fingerprint density at radius 1 is 1.33 bits per heavy atom. The highest BCUT2D eigenvalue weighted by Gasteiger charge is 2.16. The summed E-state index contributed by atoms with van der Waals surface area (Å²) in [7, 11) is 0. The third-order valence-corrected chi connectivity index (χ3v) is 4.94. The van der Waals surface area contributed by atoms with Crippen molar-refractivity contribution in [2.24, 2.45) is 0 Å². The van der Waals surface area contributed by atoms with E-state index in [4.69, 9.17) is 4.98 Å². The van der Waals surface area contributed by atoms with Crippen LogP contribution in [0.5, 0.6) is 0 Å². The van der Waals surface area contributed by atoms with E-state index in [-0.39, 0.29) is 0 Å². The molecule has 1 aromatic carbocycles. The van der Waals surface area contributed by atoms with Crippen LogP contribution in [0.2, 0.25) is 0 Å². The van der Waals surface area contributed by atoms with Crippen LogP contribution in [0.25, 0.3) is 10.6 Å². The molecule has 1 aliphatic heterocycles. The highest BCUT2D eigenvalue weighted by Crippen LogP contribution is 2.24. The molecule has 0 amide bonds. The van der Waals surface area contributed by atoms with Gasteiger partial charge >= 0.3 is 0 Å². The van der Waals surface area contributed by atoms with Crippen molar-refractivity contribution < 1.29 is 0 Å². The van der Waals surface area contributed by atoms with Gasteiger partial charge in [-0.25, -0.2) is 4.98 Å². The lowest BCUT2D eigenvalue weighted by molar-refractivity contribution is 0.198. The second-order valence-electron chi connectivity index (χ2n) is 5.78. The summed E-state index contributed by atoms with van der Waals surface area (Å²) in [6, 6.07) is 9.37. The molecule has 1 aromatic heterocycles. The number of piperazine rings is 1. The standard InChI is InChI=1S/C17H23N3S/c1-3-14-4-6-15(7-5-14)17-19-16(12-21-17)11-20-9-8-18-13(2)10-20/h4-7,12-13,18H,3,8-11H2,1-2H3. The van der Waals surface area contributed by atoms with Gasteiger partial charge in [-0.3, -0.25) is 4.90 Å². The van der Waals surface area contributed by atoms with E-state index in [0.29, 0.717) is 6.04 Å². The summed E-state index contributed by atoms with van der Waals surface area (Å²) in [5, 5.41) is 6.82. The van der Waals surface area contributed by atoms with E-state index in [1.54, 1.807) is 11.3 Å². The number of aromatic nitrogens is 1. The van der Waals surface area contributed by atoms with Crippen LogP contribution in [0.15, 0.2) is 29.6 Å². The van der Waals surface area contributed by atoms with E-state index >= 15 is 0 Å². The van der Waals surface area contributed by atoms with Crippen molar-refractivity contribution in [2.75, 3.05) is 19.6 Å². The van der Waals surface area contributed by atoms with Crippen LogP contribution in [0.1, 0.15) is 25.1 Å². The average molecular weight is 301 g/mol. The zero-order chi connectivity index (χ0) is 14.7. The third kappa shape index (κ3) is 3.70. The highest BCUT2D eigenvalue weighted by atomic mass is 32.1. The van der Waals surface area contributed by atoms with Gasteiger partial charge in [0, 0.05) is 43.2 Å². The summed E-state index contributed by atoms with van der Waals surface area (Å²) in [6.45, 7) is 8.70. The van der Waals surface area contributed by atoms with E-state index in [0.717, 1.165) is 37.6 Å². The Hall–Kier alpha value is -1.23. The van der Waals surface area contributed by atoms with Crippen molar-refractivity contribution in [1.29, 1.82) is 0 Å². The highest BCUT2D eigenvalue weighted by molar-refractivity contribution is 7.13. The molecule has 3 nitrogen and oxygen atoms in total. The van der Waals surface area contributed by atoms with Gasteiger partial charge in [0.15, 0.2) is 0 Å². The number of rotatable bonds is 4. The first-order valence-electron chi connectivity index (χ1n) is 7.74. The van der Waals surface area contributed by atoms with Crippen LogP contribution in [0.3, 0.4) is 0 Å². The fourth-order valence-corrected chi connectivity index (χ4v) is 3.60. The topological polar surface area (TPSA) is 28.2 Å². The van der Waals surface area contributed by atoms with Crippen molar-refractivity contribution in [3.63, 3.8) is 0 Å². The molecule has 1 saturated heterocycles. The number of thiazole rings is 1. The molecule has 112 valence electrons. The molecular weight excluding hydrogens is 278 g/mol. The normalized spacial score (nSPS) is 19.8. The van der Waals surface area contributed by atoms with Gasteiger partial charge in [0.2, 0.25) is 0 Å². The van der Waals surface area contributed by atoms with E-state index in [1.807, 2.05) is 0 Å². The van der Waals surface area contributed by atoms with Crippen molar-refractivity contribution in [2.45, 2.75) is 32.9 Å². The summed E-state index contributed by atoms with van der Waals surface area (Å²) in [4.78, 5) is 7.30. The molecule has 1 fully saturated rings. The van der Waals surface area contributed by atoms with Gasteiger partial charge in [-0.1, -0.05) is 31.2 Å². The molecule has 4 heteroatoms. The number of hydrogen-bond donors (Lipinski definition) is 1. The Balaban J connectivity index is 1.67. The summed E-state index contributed by atoms with van der Waals surface area (Å²) >= 11 is 1.75. The fraction of sp³-hybridized carbons (Fsp3) is 0.471. The first-order valence-corrected chi connectivity index (χ1v) is 8.62. The van der Waals surface area contributed by atoms with Crippen molar-refractivity contribution >= 4 is 11.3 Å².